The zero-order chi connectivity index (χ0) is 49.9. The minimum Gasteiger partial charge on any atom is -0.256 e. The van der Waals surface area contributed by atoms with Crippen LogP contribution in [0.1, 0.15) is 19.4 Å². The zero-order valence-corrected chi connectivity index (χ0v) is 40.2. The molecule has 11 aromatic rings. The van der Waals surface area contributed by atoms with Crippen molar-refractivity contribution in [2.24, 2.45) is 0 Å². The van der Waals surface area contributed by atoms with E-state index >= 15 is 0 Å². The molecule has 8 aromatic carbocycles. The first kappa shape index (κ1) is 46.4. The van der Waals surface area contributed by atoms with Crippen molar-refractivity contribution in [2.45, 2.75) is 25.4 Å². The highest BCUT2D eigenvalue weighted by molar-refractivity contribution is 5.97. The monoisotopic (exact) mass is 951 g/mol. The molecule has 0 aliphatic carbocycles. The number of benzene rings is 8. The van der Waals surface area contributed by atoms with Crippen molar-refractivity contribution in [2.75, 3.05) is 0 Å². The summed E-state index contributed by atoms with van der Waals surface area (Å²) in [6, 6.07) is 80.9. The van der Waals surface area contributed by atoms with Crippen molar-refractivity contribution < 1.29 is 13.2 Å². The van der Waals surface area contributed by atoms with Crippen molar-refractivity contribution in [3.8, 4) is 112 Å². The Kier molecular flexibility index (Phi) is 12.5. The fourth-order valence-corrected chi connectivity index (χ4v) is 9.68. The molecule has 352 valence electrons. The third kappa shape index (κ3) is 9.39. The molecule has 0 radical (unpaired) electrons. The highest BCUT2D eigenvalue weighted by atomic mass is 19.4. The van der Waals surface area contributed by atoms with Gasteiger partial charge in [0.2, 0.25) is 0 Å². The lowest BCUT2D eigenvalue weighted by atomic mass is 9.83. The summed E-state index contributed by atoms with van der Waals surface area (Å²) in [4.78, 5) is 13.8. The fourth-order valence-electron chi connectivity index (χ4n) is 9.68. The SMILES string of the molecule is CC(C)(c1ccnc(-c2ccc(-c3ccccc3-c3cc(-c4ccccc4-c4ccc(-c5ccccn5)cc4)cc(-c4ccccc4-c4ccc(-c5ccccn5)cc4)c3)c(-c3ccccc3)c2)c1)C(F)(F)F. The summed E-state index contributed by atoms with van der Waals surface area (Å²) in [5.41, 5.74) is 17.8. The molecule has 0 unspecified atom stereocenters. The van der Waals surface area contributed by atoms with Crippen LogP contribution in [0.25, 0.3) is 112 Å². The van der Waals surface area contributed by atoms with Gasteiger partial charge in [-0.25, -0.2) is 0 Å². The van der Waals surface area contributed by atoms with Crippen LogP contribution in [0.2, 0.25) is 0 Å². The number of hydrogen-bond acceptors (Lipinski definition) is 3. The number of alkyl halides is 3. The normalized spacial score (nSPS) is 11.6. The molecule has 11 rings (SSSR count). The van der Waals surface area contributed by atoms with Gasteiger partial charge in [0.1, 0.15) is 0 Å². The van der Waals surface area contributed by atoms with Gasteiger partial charge < -0.3 is 0 Å². The smallest absolute Gasteiger partial charge is 0.256 e. The van der Waals surface area contributed by atoms with Gasteiger partial charge in [0, 0.05) is 35.3 Å². The van der Waals surface area contributed by atoms with E-state index in [1.807, 2.05) is 73.1 Å². The summed E-state index contributed by atoms with van der Waals surface area (Å²) in [6.45, 7) is 2.42. The molecular formula is C67H48F3N3. The van der Waals surface area contributed by atoms with Gasteiger partial charge in [-0.3, -0.25) is 15.0 Å². The Bertz CT molecular complexity index is 3570. The van der Waals surface area contributed by atoms with Crippen molar-refractivity contribution >= 4 is 0 Å². The molecule has 0 bridgehead atoms. The van der Waals surface area contributed by atoms with E-state index in [-0.39, 0.29) is 5.56 Å². The van der Waals surface area contributed by atoms with Crippen LogP contribution in [-0.4, -0.2) is 21.1 Å². The number of rotatable bonds is 11. The van der Waals surface area contributed by atoms with Gasteiger partial charge in [0.15, 0.2) is 0 Å². The molecule has 6 heteroatoms. The predicted molar refractivity (Wildman–Crippen MR) is 293 cm³/mol. The Balaban J connectivity index is 1.08. The van der Waals surface area contributed by atoms with Crippen molar-refractivity contribution in [1.29, 1.82) is 0 Å². The molecule has 0 saturated heterocycles. The van der Waals surface area contributed by atoms with E-state index in [0.717, 1.165) is 106 Å². The number of halogens is 3. The van der Waals surface area contributed by atoms with Gasteiger partial charge in [-0.1, -0.05) is 176 Å². The lowest BCUT2D eigenvalue weighted by Gasteiger charge is -2.28. The Morgan fingerprint density at radius 3 is 1.10 bits per heavy atom. The maximum atomic E-state index is 14.3. The standard InChI is InChI=1S/C67H48F3N3/c1-66(2,67(68,69)70)54-36-39-73-65(44-54)50-34-35-61(62(43-50)45-16-4-3-5-17-45)60-23-11-10-22-59(60)53-41-51(57-20-8-6-18-55(57)46-26-30-48(31-27-46)63-24-12-14-37-71-63)40-52(42-53)58-21-9-7-19-56(58)47-28-32-49(33-29-47)64-25-13-15-38-72-64/h3-44H,1-2H3. The van der Waals surface area contributed by atoms with E-state index in [9.17, 15) is 13.2 Å². The van der Waals surface area contributed by atoms with Crippen molar-refractivity contribution in [3.63, 3.8) is 0 Å². The van der Waals surface area contributed by atoms with Gasteiger partial charge in [-0.2, -0.15) is 13.2 Å². The molecule has 0 aliphatic rings. The maximum absolute atomic E-state index is 14.3. The third-order valence-electron chi connectivity index (χ3n) is 13.8. The van der Waals surface area contributed by atoms with Crippen LogP contribution in [0, 0.1) is 0 Å². The molecule has 0 fully saturated rings. The highest BCUT2D eigenvalue weighted by Gasteiger charge is 2.48. The van der Waals surface area contributed by atoms with Crippen LogP contribution in [0.15, 0.2) is 255 Å². The van der Waals surface area contributed by atoms with Crippen LogP contribution in [-0.2, 0) is 5.41 Å². The molecule has 0 amide bonds. The van der Waals surface area contributed by atoms with E-state index in [2.05, 4.69) is 179 Å². The Labute approximate surface area is 424 Å². The second-order valence-corrected chi connectivity index (χ2v) is 18.7. The summed E-state index contributed by atoms with van der Waals surface area (Å²) < 4.78 is 42.9. The molecule has 0 saturated carbocycles. The largest absolute Gasteiger partial charge is 0.397 e. The van der Waals surface area contributed by atoms with Crippen LogP contribution in [0.4, 0.5) is 13.2 Å². The summed E-state index contributed by atoms with van der Waals surface area (Å²) >= 11 is 0. The number of hydrogen-bond donors (Lipinski definition) is 0. The summed E-state index contributed by atoms with van der Waals surface area (Å²) in [5, 5.41) is 0. The number of aromatic nitrogens is 3. The van der Waals surface area contributed by atoms with Crippen LogP contribution in [0.3, 0.4) is 0 Å². The fraction of sp³-hybridized carbons (Fsp3) is 0.0597. The first-order valence-electron chi connectivity index (χ1n) is 24.3. The molecule has 0 atom stereocenters. The maximum Gasteiger partial charge on any atom is 0.397 e. The van der Waals surface area contributed by atoms with Crippen LogP contribution >= 0.6 is 0 Å². The summed E-state index contributed by atoms with van der Waals surface area (Å²) in [7, 11) is 0. The average molecular weight is 952 g/mol. The number of pyridine rings is 3. The van der Waals surface area contributed by atoms with Gasteiger partial charge >= 0.3 is 6.18 Å². The third-order valence-corrected chi connectivity index (χ3v) is 13.8. The molecule has 73 heavy (non-hydrogen) atoms. The minimum absolute atomic E-state index is 0.155. The van der Waals surface area contributed by atoms with Crippen LogP contribution in [0.5, 0.6) is 0 Å². The van der Waals surface area contributed by atoms with E-state index in [4.69, 9.17) is 0 Å². The summed E-state index contributed by atoms with van der Waals surface area (Å²) in [6.07, 6.45) is 0.667. The second kappa shape index (κ2) is 19.7. The van der Waals surface area contributed by atoms with E-state index in [1.165, 1.54) is 26.1 Å². The van der Waals surface area contributed by atoms with Crippen molar-refractivity contribution in [1.82, 2.24) is 15.0 Å². The van der Waals surface area contributed by atoms with Gasteiger partial charge in [-0.05, 0) is 158 Å². The Morgan fingerprint density at radius 2 is 0.630 bits per heavy atom. The molecule has 0 aliphatic heterocycles. The van der Waals surface area contributed by atoms with Gasteiger partial charge in [-0.15, -0.1) is 0 Å². The van der Waals surface area contributed by atoms with Gasteiger partial charge in [0.05, 0.1) is 22.5 Å². The Hall–Kier alpha value is -9.00. The van der Waals surface area contributed by atoms with Crippen LogP contribution < -0.4 is 0 Å². The number of nitrogens with zero attached hydrogens (tertiary/aromatic N) is 3. The lowest BCUT2D eigenvalue weighted by molar-refractivity contribution is -0.180. The quantitative estimate of drug-likeness (QED) is 0.130. The molecular weight excluding hydrogens is 904 g/mol. The highest BCUT2D eigenvalue weighted by Crippen LogP contribution is 2.46. The predicted octanol–water partition coefficient (Wildman–Crippen LogP) is 18.4. The van der Waals surface area contributed by atoms with Crippen molar-refractivity contribution in [3.05, 3.63) is 261 Å². The van der Waals surface area contributed by atoms with E-state index in [0.29, 0.717) is 5.69 Å². The lowest BCUT2D eigenvalue weighted by Crippen LogP contribution is -2.36. The average Bonchev–Trinajstić information content (AvgIpc) is 3.45. The molecule has 3 nitrogen and oxygen atoms in total. The molecule has 3 heterocycles. The topological polar surface area (TPSA) is 38.7 Å². The second-order valence-electron chi connectivity index (χ2n) is 18.7. The Morgan fingerprint density at radius 1 is 0.260 bits per heavy atom. The molecule has 0 N–H and O–H groups in total. The summed E-state index contributed by atoms with van der Waals surface area (Å²) in [5.74, 6) is 0. The van der Waals surface area contributed by atoms with E-state index < -0.39 is 11.6 Å². The zero-order valence-electron chi connectivity index (χ0n) is 40.2. The molecule has 0 spiro atoms. The van der Waals surface area contributed by atoms with E-state index in [1.54, 1.807) is 6.07 Å². The molecule has 3 aromatic heterocycles. The van der Waals surface area contributed by atoms with Gasteiger partial charge in [0.25, 0.3) is 0 Å². The minimum atomic E-state index is -4.44. The first-order chi connectivity index (χ1) is 35.6. The first-order valence-corrected chi connectivity index (χ1v) is 24.3.